The summed E-state index contributed by atoms with van der Waals surface area (Å²) in [5, 5.41) is 3.48. The van der Waals surface area contributed by atoms with Gasteiger partial charge < -0.3 is 15.0 Å². The second-order valence-corrected chi connectivity index (χ2v) is 7.11. The summed E-state index contributed by atoms with van der Waals surface area (Å²) in [5.74, 6) is 3.37. The molecule has 0 radical (unpaired) electrons. The molecule has 0 spiro atoms. The number of methoxy groups -OCH3 is 1. The third kappa shape index (κ3) is 5.26. The summed E-state index contributed by atoms with van der Waals surface area (Å²) in [6, 6.07) is 0.484. The summed E-state index contributed by atoms with van der Waals surface area (Å²) in [7, 11) is 1.70. The molecule has 2 heterocycles. The van der Waals surface area contributed by atoms with E-state index in [0.717, 1.165) is 26.1 Å². The van der Waals surface area contributed by atoms with Crippen molar-refractivity contribution in [2.24, 2.45) is 5.92 Å². The van der Waals surface area contributed by atoms with Crippen LogP contribution in [0.5, 0.6) is 0 Å². The van der Waals surface area contributed by atoms with Crippen LogP contribution in [0, 0.1) is 5.92 Å². The molecule has 2 rings (SSSR count). The first-order valence-electron chi connectivity index (χ1n) is 7.87. The number of rotatable bonds is 7. The number of carbonyl (C=O) groups is 1. The fourth-order valence-corrected chi connectivity index (χ4v) is 4.23. The third-order valence-electron chi connectivity index (χ3n) is 4.33. The smallest absolute Gasteiger partial charge is 0.222 e. The molecule has 2 aliphatic rings. The van der Waals surface area contributed by atoms with Gasteiger partial charge in [0.05, 0.1) is 6.61 Å². The van der Waals surface area contributed by atoms with Crippen molar-refractivity contribution in [1.29, 1.82) is 0 Å². The van der Waals surface area contributed by atoms with Crippen molar-refractivity contribution in [3.8, 4) is 0 Å². The zero-order chi connectivity index (χ0) is 14.2. The Balaban J connectivity index is 1.81. The number of hydrogen-bond donors (Lipinski definition) is 1. The van der Waals surface area contributed by atoms with Crippen LogP contribution in [-0.4, -0.2) is 61.7 Å². The van der Waals surface area contributed by atoms with Gasteiger partial charge in [0, 0.05) is 32.7 Å². The molecule has 0 saturated carbocycles. The summed E-state index contributed by atoms with van der Waals surface area (Å²) in [6.45, 7) is 3.31. The highest BCUT2D eigenvalue weighted by atomic mass is 32.2. The Morgan fingerprint density at radius 3 is 2.80 bits per heavy atom. The molecule has 0 aromatic carbocycles. The van der Waals surface area contributed by atoms with E-state index in [2.05, 4.69) is 5.32 Å². The van der Waals surface area contributed by atoms with Gasteiger partial charge in [0.25, 0.3) is 0 Å². The van der Waals surface area contributed by atoms with Crippen LogP contribution < -0.4 is 5.32 Å². The summed E-state index contributed by atoms with van der Waals surface area (Å²) >= 11 is 2.02. The van der Waals surface area contributed by atoms with Crippen molar-refractivity contribution in [2.75, 3.05) is 44.9 Å². The molecule has 0 aromatic heterocycles. The summed E-state index contributed by atoms with van der Waals surface area (Å²) in [4.78, 5) is 14.6. The van der Waals surface area contributed by atoms with Crippen molar-refractivity contribution < 1.29 is 9.53 Å². The van der Waals surface area contributed by atoms with Crippen LogP contribution in [0.3, 0.4) is 0 Å². The number of nitrogens with one attached hydrogen (secondary N) is 1. The molecule has 1 amide bonds. The minimum absolute atomic E-state index is 0.327. The van der Waals surface area contributed by atoms with Crippen molar-refractivity contribution in [3.05, 3.63) is 0 Å². The Labute approximate surface area is 127 Å². The Kier molecular flexibility index (Phi) is 7.17. The fraction of sp³-hybridized carbons (Fsp3) is 0.933. The zero-order valence-corrected chi connectivity index (χ0v) is 13.4. The zero-order valence-electron chi connectivity index (χ0n) is 12.6. The van der Waals surface area contributed by atoms with Gasteiger partial charge in [-0.15, -0.1) is 0 Å². The molecule has 2 aliphatic heterocycles. The average Bonchev–Trinajstić information content (AvgIpc) is 2.97. The Morgan fingerprint density at radius 1 is 1.35 bits per heavy atom. The Bertz CT molecular complexity index is 290. The second kappa shape index (κ2) is 8.90. The molecule has 0 aliphatic carbocycles. The van der Waals surface area contributed by atoms with E-state index in [4.69, 9.17) is 4.74 Å². The van der Waals surface area contributed by atoms with E-state index in [1.165, 1.54) is 37.2 Å². The SMILES string of the molecule is COCCN(CC1CCCN1)C(=O)CC1CCSCC1. The highest BCUT2D eigenvalue weighted by Gasteiger charge is 2.24. The fourth-order valence-electron chi connectivity index (χ4n) is 3.02. The first-order chi connectivity index (χ1) is 9.79. The van der Waals surface area contributed by atoms with Gasteiger partial charge in [-0.3, -0.25) is 4.79 Å². The molecule has 20 heavy (non-hydrogen) atoms. The van der Waals surface area contributed by atoms with Crippen LogP contribution >= 0.6 is 11.8 Å². The van der Waals surface area contributed by atoms with E-state index in [1.54, 1.807) is 7.11 Å². The van der Waals surface area contributed by atoms with Gasteiger partial charge >= 0.3 is 0 Å². The minimum atomic E-state index is 0.327. The Morgan fingerprint density at radius 2 is 2.15 bits per heavy atom. The molecule has 2 fully saturated rings. The maximum atomic E-state index is 12.5. The quantitative estimate of drug-likeness (QED) is 0.778. The van der Waals surface area contributed by atoms with E-state index in [1.807, 2.05) is 16.7 Å². The minimum Gasteiger partial charge on any atom is -0.383 e. The van der Waals surface area contributed by atoms with Gasteiger partial charge in [-0.1, -0.05) is 0 Å². The van der Waals surface area contributed by atoms with Crippen molar-refractivity contribution in [1.82, 2.24) is 10.2 Å². The average molecular weight is 300 g/mol. The van der Waals surface area contributed by atoms with Gasteiger partial charge in [-0.2, -0.15) is 11.8 Å². The van der Waals surface area contributed by atoms with Crippen molar-refractivity contribution >= 4 is 17.7 Å². The predicted molar refractivity (Wildman–Crippen MR) is 84.1 cm³/mol. The first kappa shape index (κ1) is 16.1. The number of thioether (sulfide) groups is 1. The highest BCUT2D eigenvalue weighted by Crippen LogP contribution is 2.26. The molecule has 116 valence electrons. The highest BCUT2D eigenvalue weighted by molar-refractivity contribution is 7.99. The molecule has 1 unspecified atom stereocenters. The van der Waals surface area contributed by atoms with Gasteiger partial charge in [0.1, 0.15) is 0 Å². The van der Waals surface area contributed by atoms with Crippen LogP contribution in [0.15, 0.2) is 0 Å². The van der Waals surface area contributed by atoms with E-state index in [-0.39, 0.29) is 0 Å². The number of hydrogen-bond acceptors (Lipinski definition) is 4. The number of nitrogens with zero attached hydrogens (tertiary/aromatic N) is 1. The molecule has 2 saturated heterocycles. The van der Waals surface area contributed by atoms with Crippen LogP contribution in [-0.2, 0) is 9.53 Å². The van der Waals surface area contributed by atoms with Gasteiger partial charge in [-0.05, 0) is 49.7 Å². The van der Waals surface area contributed by atoms with Crippen LogP contribution in [0.4, 0.5) is 0 Å². The van der Waals surface area contributed by atoms with Crippen molar-refractivity contribution in [2.45, 2.75) is 38.1 Å². The summed E-state index contributed by atoms with van der Waals surface area (Å²) < 4.78 is 5.16. The van der Waals surface area contributed by atoms with E-state index >= 15 is 0 Å². The Hall–Kier alpha value is -0.260. The van der Waals surface area contributed by atoms with Crippen molar-refractivity contribution in [3.63, 3.8) is 0 Å². The van der Waals surface area contributed by atoms with Gasteiger partial charge in [-0.25, -0.2) is 0 Å². The lowest BCUT2D eigenvalue weighted by Crippen LogP contribution is -2.43. The molecular weight excluding hydrogens is 272 g/mol. The first-order valence-corrected chi connectivity index (χ1v) is 9.03. The van der Waals surface area contributed by atoms with Crippen LogP contribution in [0.2, 0.25) is 0 Å². The molecule has 1 atom stereocenters. The number of ether oxygens (including phenoxy) is 1. The lowest BCUT2D eigenvalue weighted by atomic mass is 9.98. The van der Waals surface area contributed by atoms with Crippen LogP contribution in [0.25, 0.3) is 0 Å². The number of carbonyl (C=O) groups excluding carboxylic acids is 1. The van der Waals surface area contributed by atoms with E-state index in [0.29, 0.717) is 24.5 Å². The normalized spacial score (nSPS) is 23.9. The second-order valence-electron chi connectivity index (χ2n) is 5.89. The standard InChI is InChI=1S/C15H28N2O2S/c1-19-8-7-17(12-14-3-2-6-16-14)15(18)11-13-4-9-20-10-5-13/h13-14,16H,2-12H2,1H3. The molecule has 1 N–H and O–H groups in total. The third-order valence-corrected chi connectivity index (χ3v) is 5.37. The summed E-state index contributed by atoms with van der Waals surface area (Å²) in [6.07, 6.45) is 5.57. The molecule has 0 aromatic rings. The maximum Gasteiger partial charge on any atom is 0.222 e. The van der Waals surface area contributed by atoms with Gasteiger partial charge in [0.2, 0.25) is 5.91 Å². The largest absolute Gasteiger partial charge is 0.383 e. The molecule has 0 bridgehead atoms. The predicted octanol–water partition coefficient (Wildman–Crippen LogP) is 1.75. The lowest BCUT2D eigenvalue weighted by molar-refractivity contribution is -0.133. The summed E-state index contributed by atoms with van der Waals surface area (Å²) in [5.41, 5.74) is 0. The van der Waals surface area contributed by atoms with E-state index in [9.17, 15) is 4.79 Å². The lowest BCUT2D eigenvalue weighted by Gasteiger charge is -2.28. The van der Waals surface area contributed by atoms with Gasteiger partial charge in [0.15, 0.2) is 0 Å². The molecule has 4 nitrogen and oxygen atoms in total. The topological polar surface area (TPSA) is 41.6 Å². The monoisotopic (exact) mass is 300 g/mol. The van der Waals surface area contributed by atoms with E-state index < -0.39 is 0 Å². The number of amides is 1. The van der Waals surface area contributed by atoms with Crippen LogP contribution in [0.1, 0.15) is 32.1 Å². The molecular formula is C15H28N2O2S. The maximum absolute atomic E-state index is 12.5. The molecule has 5 heteroatoms.